The summed E-state index contributed by atoms with van der Waals surface area (Å²) < 4.78 is 27.6. The highest BCUT2D eigenvalue weighted by Crippen LogP contribution is 2.43. The van der Waals surface area contributed by atoms with Gasteiger partial charge in [0.15, 0.2) is 16.7 Å². The smallest absolute Gasteiger partial charge is 0.220 e. The lowest BCUT2D eigenvalue weighted by Gasteiger charge is -2.19. The Bertz CT molecular complexity index is 1500. The molecule has 4 rings (SSSR count). The molecule has 3 aromatic carbocycles. The molecule has 4 aromatic rings. The highest BCUT2D eigenvalue weighted by atomic mass is 35.5. The van der Waals surface area contributed by atoms with Crippen molar-refractivity contribution in [1.82, 2.24) is 14.8 Å². The van der Waals surface area contributed by atoms with Gasteiger partial charge < -0.3 is 9.47 Å². The highest BCUT2D eigenvalue weighted by molar-refractivity contribution is 7.99. The number of nitro groups is 1. The highest BCUT2D eigenvalue weighted by Gasteiger charge is 2.26. The Balaban J connectivity index is 1.69. The Morgan fingerprint density at radius 1 is 1.08 bits per heavy atom. The number of aryl methyl sites for hydroxylation is 3. The molecule has 0 amide bonds. The van der Waals surface area contributed by atoms with Crippen LogP contribution in [0.15, 0.2) is 59.8 Å². The first-order chi connectivity index (χ1) is 18.7. The summed E-state index contributed by atoms with van der Waals surface area (Å²) in [7, 11) is 0. The summed E-state index contributed by atoms with van der Waals surface area (Å²) in [6, 6.07) is 15.6. The summed E-state index contributed by atoms with van der Waals surface area (Å²) in [5.74, 6) is 0.820. The Morgan fingerprint density at radius 2 is 1.85 bits per heavy atom. The molecule has 0 aliphatic heterocycles. The van der Waals surface area contributed by atoms with Crippen molar-refractivity contribution in [1.29, 1.82) is 0 Å². The van der Waals surface area contributed by atoms with Crippen LogP contribution in [0.1, 0.15) is 40.3 Å². The molecule has 0 unspecified atom stereocenters. The number of halogens is 2. The fourth-order valence-corrected chi connectivity index (χ4v) is 5.42. The molecule has 0 N–H and O–H groups in total. The number of rotatable bonds is 11. The van der Waals surface area contributed by atoms with Crippen molar-refractivity contribution in [2.24, 2.45) is 0 Å². The number of ether oxygens (including phenoxy) is 2. The number of nitrogens with zero attached hydrogens (tertiary/aromatic N) is 4. The summed E-state index contributed by atoms with van der Waals surface area (Å²) in [4.78, 5) is 11.3. The van der Waals surface area contributed by atoms with E-state index in [9.17, 15) is 14.5 Å². The van der Waals surface area contributed by atoms with Crippen molar-refractivity contribution in [2.75, 3.05) is 13.2 Å². The van der Waals surface area contributed by atoms with Gasteiger partial charge in [-0.25, -0.2) is 4.39 Å². The van der Waals surface area contributed by atoms with Gasteiger partial charge in [0.25, 0.3) is 0 Å². The molecule has 8 nitrogen and oxygen atoms in total. The lowest BCUT2D eigenvalue weighted by Crippen LogP contribution is -2.12. The van der Waals surface area contributed by atoms with E-state index in [-0.39, 0.29) is 28.8 Å². The maximum Gasteiger partial charge on any atom is 0.220 e. The topological polar surface area (TPSA) is 92.3 Å². The van der Waals surface area contributed by atoms with E-state index in [2.05, 4.69) is 10.2 Å². The first-order valence-electron chi connectivity index (χ1n) is 12.3. The molecule has 204 valence electrons. The van der Waals surface area contributed by atoms with Crippen LogP contribution in [0.25, 0.3) is 5.69 Å². The second-order valence-corrected chi connectivity index (χ2v) is 10.5. The summed E-state index contributed by atoms with van der Waals surface area (Å²) in [5, 5.41) is 20.3. The van der Waals surface area contributed by atoms with E-state index < -0.39 is 11.1 Å². The summed E-state index contributed by atoms with van der Waals surface area (Å²) >= 11 is 7.83. The van der Waals surface area contributed by atoms with Crippen LogP contribution in [0.3, 0.4) is 0 Å². The molecule has 0 spiro atoms. The van der Waals surface area contributed by atoms with Gasteiger partial charge in [0.2, 0.25) is 6.54 Å². The van der Waals surface area contributed by atoms with Crippen LogP contribution in [-0.2, 0) is 6.61 Å². The maximum atomic E-state index is 14.1. The molecule has 0 fully saturated rings. The average Bonchev–Trinajstić information content (AvgIpc) is 3.25. The van der Waals surface area contributed by atoms with Gasteiger partial charge in [-0.15, -0.1) is 10.2 Å². The van der Waals surface area contributed by atoms with Gasteiger partial charge in [0.05, 0.1) is 11.6 Å². The predicted octanol–water partition coefficient (Wildman–Crippen LogP) is 7.07. The minimum atomic E-state index is -0.661. The van der Waals surface area contributed by atoms with E-state index in [4.69, 9.17) is 21.1 Å². The zero-order valence-corrected chi connectivity index (χ0v) is 23.6. The number of hydrogen-bond donors (Lipinski definition) is 0. The molecule has 0 aliphatic carbocycles. The van der Waals surface area contributed by atoms with Crippen LogP contribution >= 0.6 is 23.4 Å². The molecule has 1 heterocycles. The van der Waals surface area contributed by atoms with Gasteiger partial charge in [-0.05, 0) is 74.7 Å². The van der Waals surface area contributed by atoms with Crippen molar-refractivity contribution in [3.8, 4) is 17.2 Å². The van der Waals surface area contributed by atoms with Crippen molar-refractivity contribution in [2.45, 2.75) is 44.7 Å². The van der Waals surface area contributed by atoms with Crippen molar-refractivity contribution >= 4 is 23.4 Å². The quantitative estimate of drug-likeness (QED) is 0.108. The molecule has 11 heteroatoms. The van der Waals surface area contributed by atoms with E-state index in [1.165, 1.54) is 17.8 Å². The Kier molecular flexibility index (Phi) is 9.08. The second-order valence-electron chi connectivity index (χ2n) is 8.90. The Hall–Kier alpha value is -3.63. The van der Waals surface area contributed by atoms with Crippen LogP contribution in [0, 0.1) is 36.7 Å². The average molecular weight is 571 g/mol. The third-order valence-electron chi connectivity index (χ3n) is 6.14. The van der Waals surface area contributed by atoms with E-state index in [0.29, 0.717) is 34.5 Å². The molecule has 1 aromatic heterocycles. The van der Waals surface area contributed by atoms with E-state index >= 15 is 0 Å². The minimum absolute atomic E-state index is 0.0583. The minimum Gasteiger partial charge on any atom is -0.490 e. The molecule has 0 saturated heterocycles. The van der Waals surface area contributed by atoms with Crippen molar-refractivity contribution < 1.29 is 18.8 Å². The number of thioether (sulfide) groups is 1. The van der Waals surface area contributed by atoms with Gasteiger partial charge in [-0.2, -0.15) is 0 Å². The van der Waals surface area contributed by atoms with Crippen molar-refractivity contribution in [3.63, 3.8) is 0 Å². The fraction of sp³-hybridized carbons (Fsp3) is 0.286. The molecule has 39 heavy (non-hydrogen) atoms. The Morgan fingerprint density at radius 3 is 2.54 bits per heavy atom. The van der Waals surface area contributed by atoms with Gasteiger partial charge in [-0.1, -0.05) is 47.6 Å². The largest absolute Gasteiger partial charge is 0.490 e. The van der Waals surface area contributed by atoms with Crippen LogP contribution in [0.4, 0.5) is 4.39 Å². The van der Waals surface area contributed by atoms with Gasteiger partial charge in [0.1, 0.15) is 23.5 Å². The molecular weight excluding hydrogens is 543 g/mol. The van der Waals surface area contributed by atoms with Crippen LogP contribution < -0.4 is 9.47 Å². The molecule has 0 aliphatic rings. The molecule has 0 saturated carbocycles. The van der Waals surface area contributed by atoms with E-state index in [1.807, 2.05) is 43.5 Å². The van der Waals surface area contributed by atoms with Crippen LogP contribution in [-0.4, -0.2) is 32.8 Å². The standard InChI is InChI=1S/C28H28ClFN4O4S/c1-5-37-25-14-21(13-23(29)27(25)38-16-20-8-6-7-9-24(20)30)26(15-33(35)36)39-28-32-31-19(4)34(28)22-11-10-17(2)18(3)12-22/h6-14,26H,5,15-16H2,1-4H3/t26-/m1/s1. The fourth-order valence-electron chi connectivity index (χ4n) is 4.00. The maximum absolute atomic E-state index is 14.1. The third-order valence-corrected chi connectivity index (χ3v) is 7.60. The lowest BCUT2D eigenvalue weighted by atomic mass is 10.1. The molecule has 1 atom stereocenters. The number of hydrogen-bond acceptors (Lipinski definition) is 7. The summed E-state index contributed by atoms with van der Waals surface area (Å²) in [6.45, 7) is 7.55. The van der Waals surface area contributed by atoms with Crippen LogP contribution in [0.2, 0.25) is 5.02 Å². The number of aromatic nitrogens is 3. The van der Waals surface area contributed by atoms with Gasteiger partial charge in [0, 0.05) is 16.2 Å². The van der Waals surface area contributed by atoms with E-state index in [0.717, 1.165) is 16.8 Å². The van der Waals surface area contributed by atoms with Gasteiger partial charge >= 0.3 is 0 Å². The third kappa shape index (κ3) is 6.69. The van der Waals surface area contributed by atoms with Crippen LogP contribution in [0.5, 0.6) is 11.5 Å². The van der Waals surface area contributed by atoms with Crippen molar-refractivity contribution in [3.05, 3.63) is 104 Å². The normalized spacial score (nSPS) is 11.8. The zero-order valence-electron chi connectivity index (χ0n) is 22.0. The molecular formula is C28H28ClFN4O4S. The monoisotopic (exact) mass is 570 g/mol. The molecule has 0 radical (unpaired) electrons. The summed E-state index contributed by atoms with van der Waals surface area (Å²) in [5.41, 5.74) is 4.06. The summed E-state index contributed by atoms with van der Waals surface area (Å²) in [6.07, 6.45) is 0. The molecule has 0 bridgehead atoms. The predicted molar refractivity (Wildman–Crippen MR) is 149 cm³/mol. The number of benzene rings is 3. The Labute approximate surface area is 235 Å². The second kappa shape index (κ2) is 12.5. The lowest BCUT2D eigenvalue weighted by molar-refractivity contribution is -0.479. The first-order valence-corrected chi connectivity index (χ1v) is 13.5. The SMILES string of the molecule is CCOc1cc([C@@H](C[N+](=O)[O-])Sc2nnc(C)n2-c2ccc(C)c(C)c2)cc(Cl)c1OCc1ccccc1F. The van der Waals surface area contributed by atoms with E-state index in [1.54, 1.807) is 37.3 Å². The zero-order chi connectivity index (χ0) is 28.1. The first kappa shape index (κ1) is 28.4. The van der Waals surface area contributed by atoms with Gasteiger partial charge in [-0.3, -0.25) is 14.7 Å².